The number of hydrogen-bond acceptors (Lipinski definition) is 5. The molecule has 0 spiro atoms. The van der Waals surface area contributed by atoms with E-state index in [1.807, 2.05) is 13.0 Å². The third-order valence-corrected chi connectivity index (χ3v) is 8.23. The molecule has 0 aromatic heterocycles. The zero-order valence-electron chi connectivity index (χ0n) is 20.8. The van der Waals surface area contributed by atoms with Crippen molar-refractivity contribution in [1.29, 1.82) is 0 Å². The lowest BCUT2D eigenvalue weighted by atomic mass is 10.1. The molecular weight excluding hydrogens is 474 g/mol. The molecule has 35 heavy (non-hydrogen) atoms. The van der Waals surface area contributed by atoms with Crippen molar-refractivity contribution in [2.75, 3.05) is 64.4 Å². The fraction of sp³-hybridized carbons (Fsp3) is 0.520. The lowest BCUT2D eigenvalue weighted by Crippen LogP contribution is -2.48. The van der Waals surface area contributed by atoms with Crippen LogP contribution in [0.5, 0.6) is 0 Å². The number of carbonyl (C=O) groups excluding carboxylic acids is 1. The monoisotopic (exact) mass is 510 g/mol. The lowest BCUT2D eigenvalue weighted by Gasteiger charge is -2.37. The molecule has 2 saturated heterocycles. The maximum atomic E-state index is 13.6. The number of alkyl halides is 2. The molecule has 2 aliphatic rings. The lowest BCUT2D eigenvalue weighted by molar-refractivity contribution is 0.0669. The van der Waals surface area contributed by atoms with Crippen molar-refractivity contribution >= 4 is 27.2 Å². The Labute approximate surface area is 207 Å². The quantitative estimate of drug-likeness (QED) is 0.430. The first-order valence-electron chi connectivity index (χ1n) is 11.9. The first-order chi connectivity index (χ1) is 16.7. The standard InChI is InChI=1S/C25H36F2N4O3S/c1-5-20(24(26)27)7-6-19(2)29-10-12-31(13-11-29)25(32)22-18-21(35(4,33)28-3)8-9-23(22)30-14-16-34-17-15-30/h6-9,18,24H,4-5,10-17H2,1-3H3,(H,28,33)/b19-6+,20-7+. The average Bonchev–Trinajstić information content (AvgIpc) is 2.88. The molecule has 2 heterocycles. The number of carbonyl (C=O) groups is 1. The van der Waals surface area contributed by atoms with Crippen molar-refractivity contribution in [3.8, 4) is 0 Å². The van der Waals surface area contributed by atoms with E-state index >= 15 is 0 Å². The number of anilines is 1. The third-order valence-electron chi connectivity index (χ3n) is 6.55. The highest BCUT2D eigenvalue weighted by molar-refractivity contribution is 7.98. The van der Waals surface area contributed by atoms with Gasteiger partial charge in [0, 0.05) is 55.5 Å². The van der Waals surface area contributed by atoms with Gasteiger partial charge < -0.3 is 19.4 Å². The molecule has 1 N–H and O–H groups in total. The van der Waals surface area contributed by atoms with Crippen LogP contribution in [0.2, 0.25) is 0 Å². The van der Waals surface area contributed by atoms with E-state index in [4.69, 9.17) is 4.74 Å². The molecular formula is C25H36F2N4O3S. The maximum absolute atomic E-state index is 13.6. The molecule has 1 amide bonds. The second-order valence-corrected chi connectivity index (χ2v) is 10.9. The Kier molecular flexibility index (Phi) is 9.32. The Morgan fingerprint density at radius 1 is 1.14 bits per heavy atom. The Balaban J connectivity index is 1.79. The molecule has 2 aliphatic heterocycles. The molecule has 0 saturated carbocycles. The molecule has 0 aliphatic carbocycles. The molecule has 1 unspecified atom stereocenters. The Morgan fingerprint density at radius 2 is 1.77 bits per heavy atom. The molecule has 1 aromatic rings. The van der Waals surface area contributed by atoms with Crippen LogP contribution in [0, 0.1) is 0 Å². The number of hydrogen-bond donors (Lipinski definition) is 1. The van der Waals surface area contributed by atoms with Gasteiger partial charge in [0.15, 0.2) is 0 Å². The zero-order valence-corrected chi connectivity index (χ0v) is 21.6. The van der Waals surface area contributed by atoms with Crippen molar-refractivity contribution in [3.05, 3.63) is 47.2 Å². The molecule has 0 radical (unpaired) electrons. The molecule has 1 aromatic carbocycles. The summed E-state index contributed by atoms with van der Waals surface area (Å²) in [6.45, 7) is 8.35. The summed E-state index contributed by atoms with van der Waals surface area (Å²) >= 11 is 0. The van der Waals surface area contributed by atoms with Crippen LogP contribution < -0.4 is 9.62 Å². The number of nitrogens with zero attached hydrogens (tertiary/aromatic N) is 3. The Bertz CT molecular complexity index is 1060. The fourth-order valence-corrected chi connectivity index (χ4v) is 5.03. The fourth-order valence-electron chi connectivity index (χ4n) is 4.20. The summed E-state index contributed by atoms with van der Waals surface area (Å²) in [6, 6.07) is 5.30. The van der Waals surface area contributed by atoms with Gasteiger partial charge in [0.2, 0.25) is 0 Å². The molecule has 10 heteroatoms. The molecule has 2 fully saturated rings. The van der Waals surface area contributed by atoms with E-state index in [2.05, 4.69) is 20.4 Å². The minimum Gasteiger partial charge on any atom is -0.378 e. The SMILES string of the molecule is C=S(=O)(NC)c1ccc(N2CCOCC2)c(C(=O)N2CCN(/C(C)=C/C=C(\CC)C(F)F)CC2)c1. The van der Waals surface area contributed by atoms with Gasteiger partial charge in [-0.15, -0.1) is 0 Å². The van der Waals surface area contributed by atoms with Crippen LogP contribution >= 0.6 is 0 Å². The summed E-state index contributed by atoms with van der Waals surface area (Å²) in [5, 5.41) is 0. The summed E-state index contributed by atoms with van der Waals surface area (Å²) in [5.74, 6) is 3.66. The van der Waals surface area contributed by atoms with Crippen molar-refractivity contribution in [3.63, 3.8) is 0 Å². The molecule has 0 bridgehead atoms. The van der Waals surface area contributed by atoms with Gasteiger partial charge in [0.1, 0.15) is 0 Å². The summed E-state index contributed by atoms with van der Waals surface area (Å²) in [4.78, 5) is 20.1. The van der Waals surface area contributed by atoms with Crippen LogP contribution in [-0.2, 0) is 14.4 Å². The highest BCUT2D eigenvalue weighted by atomic mass is 32.2. The van der Waals surface area contributed by atoms with Gasteiger partial charge in [-0.1, -0.05) is 13.0 Å². The predicted molar refractivity (Wildman–Crippen MR) is 138 cm³/mol. The largest absolute Gasteiger partial charge is 0.378 e. The van der Waals surface area contributed by atoms with Crippen molar-refractivity contribution in [2.45, 2.75) is 31.6 Å². The smallest absolute Gasteiger partial charge is 0.260 e. The number of morpholine rings is 1. The summed E-state index contributed by atoms with van der Waals surface area (Å²) in [7, 11) is -1.13. The maximum Gasteiger partial charge on any atom is 0.260 e. The third kappa shape index (κ3) is 6.62. The Morgan fingerprint density at radius 3 is 2.34 bits per heavy atom. The van der Waals surface area contributed by atoms with Gasteiger partial charge in [-0.05, 0) is 56.1 Å². The van der Waals surface area contributed by atoms with Crippen LogP contribution in [-0.4, -0.2) is 91.7 Å². The summed E-state index contributed by atoms with van der Waals surface area (Å²) < 4.78 is 47.0. The molecule has 1 atom stereocenters. The van der Waals surface area contributed by atoms with E-state index in [-0.39, 0.29) is 11.5 Å². The number of nitrogens with one attached hydrogen (secondary N) is 1. The number of halogens is 2. The highest BCUT2D eigenvalue weighted by Crippen LogP contribution is 2.27. The van der Waals surface area contributed by atoms with Crippen LogP contribution in [0.15, 0.2) is 46.5 Å². The Hall–Kier alpha value is -2.43. The number of ether oxygens (including phenoxy) is 1. The van der Waals surface area contributed by atoms with Gasteiger partial charge in [0.05, 0.1) is 28.5 Å². The predicted octanol–water partition coefficient (Wildman–Crippen LogP) is 3.00. The average molecular weight is 511 g/mol. The van der Waals surface area contributed by atoms with Gasteiger partial charge >= 0.3 is 0 Å². The number of piperazine rings is 1. The molecule has 7 nitrogen and oxygen atoms in total. The molecule has 194 valence electrons. The second kappa shape index (κ2) is 12.0. The van der Waals surface area contributed by atoms with E-state index in [0.717, 1.165) is 11.4 Å². The van der Waals surface area contributed by atoms with Crippen LogP contribution in [0.4, 0.5) is 14.5 Å². The van der Waals surface area contributed by atoms with Crippen molar-refractivity contribution < 1.29 is 22.5 Å². The number of rotatable bonds is 8. The van der Waals surface area contributed by atoms with Gasteiger partial charge in [-0.25, -0.2) is 17.7 Å². The van der Waals surface area contributed by atoms with E-state index in [0.29, 0.717) is 69.4 Å². The van der Waals surface area contributed by atoms with Crippen molar-refractivity contribution in [1.82, 2.24) is 14.5 Å². The highest BCUT2D eigenvalue weighted by Gasteiger charge is 2.27. The van der Waals surface area contributed by atoms with Gasteiger partial charge in [-0.3, -0.25) is 4.79 Å². The van der Waals surface area contributed by atoms with Crippen LogP contribution in [0.25, 0.3) is 0 Å². The van der Waals surface area contributed by atoms with Gasteiger partial charge in [0.25, 0.3) is 12.3 Å². The normalized spacial score (nSPS) is 19.8. The van der Waals surface area contributed by atoms with E-state index in [1.54, 1.807) is 37.1 Å². The first-order valence-corrected chi connectivity index (χ1v) is 13.6. The van der Waals surface area contributed by atoms with Crippen LogP contribution in [0.3, 0.4) is 0 Å². The zero-order chi connectivity index (χ0) is 25.6. The topological polar surface area (TPSA) is 65.1 Å². The summed E-state index contributed by atoms with van der Waals surface area (Å²) in [5.41, 5.74) is 2.31. The summed E-state index contributed by atoms with van der Waals surface area (Å²) in [6.07, 6.45) is 1.08. The van der Waals surface area contributed by atoms with E-state index in [1.165, 1.54) is 6.08 Å². The second-order valence-electron chi connectivity index (χ2n) is 8.64. The van der Waals surface area contributed by atoms with Gasteiger partial charge in [-0.2, -0.15) is 0 Å². The molecule has 3 rings (SSSR count). The first kappa shape index (κ1) is 27.2. The van der Waals surface area contributed by atoms with E-state index in [9.17, 15) is 17.8 Å². The number of benzene rings is 1. The van der Waals surface area contributed by atoms with Crippen LogP contribution in [0.1, 0.15) is 30.6 Å². The minimum atomic E-state index is -2.71. The number of amides is 1. The van der Waals surface area contributed by atoms with E-state index < -0.39 is 16.1 Å². The van der Waals surface area contributed by atoms with Crippen molar-refractivity contribution in [2.24, 2.45) is 0 Å². The number of allylic oxidation sites excluding steroid dienone is 4. The minimum absolute atomic E-state index is 0.109.